The van der Waals surface area contributed by atoms with E-state index >= 15 is 0 Å². The molecule has 1 N–H and O–H groups in total. The van der Waals surface area contributed by atoms with Crippen LogP contribution in [0.25, 0.3) is 0 Å². The summed E-state index contributed by atoms with van der Waals surface area (Å²) in [7, 11) is 0. The molecule has 0 atom stereocenters. The Labute approximate surface area is 149 Å². The normalized spacial score (nSPS) is 15.9. The van der Waals surface area contributed by atoms with Gasteiger partial charge >= 0.3 is 0 Å². The fraction of sp³-hybridized carbons (Fsp3) is 0.412. The monoisotopic (exact) mass is 360 g/mol. The summed E-state index contributed by atoms with van der Waals surface area (Å²) in [6.45, 7) is 5.22. The lowest BCUT2D eigenvalue weighted by Gasteiger charge is -2.29. The molecule has 0 radical (unpaired) electrons. The summed E-state index contributed by atoms with van der Waals surface area (Å²) in [5.41, 5.74) is 1.08. The third-order valence-electron chi connectivity index (χ3n) is 4.35. The molecule has 0 bridgehead atoms. The van der Waals surface area contributed by atoms with Crippen LogP contribution in [0.4, 0.5) is 10.8 Å². The second-order valence-electron chi connectivity index (χ2n) is 6.36. The number of carbonyl (C=O) groups excluding carboxylic acids is 1. The van der Waals surface area contributed by atoms with Crippen molar-refractivity contribution >= 4 is 28.1 Å². The van der Waals surface area contributed by atoms with E-state index < -0.39 is 10.8 Å². The molecule has 2 heterocycles. The van der Waals surface area contributed by atoms with E-state index in [9.17, 15) is 14.9 Å². The van der Waals surface area contributed by atoms with Crippen molar-refractivity contribution in [1.29, 1.82) is 0 Å². The van der Waals surface area contributed by atoms with Gasteiger partial charge in [0, 0.05) is 29.6 Å². The number of non-ortho nitro benzene ring substituents is 1. The maximum atomic E-state index is 12.2. The first-order chi connectivity index (χ1) is 12.0. The van der Waals surface area contributed by atoms with Gasteiger partial charge in [-0.2, -0.15) is 0 Å². The molecule has 1 aliphatic rings. The standard InChI is InChI=1S/C17H20N4O3S/c1-12-5-7-20(8-6-12)10-14-11-25-17(18-14)19-16(22)13-3-2-4-15(9-13)21(23)24/h2-4,9,11-12H,5-8,10H2,1H3,(H,18,19,22). The number of thiazole rings is 1. The molecule has 1 aliphatic heterocycles. The average Bonchev–Trinajstić information content (AvgIpc) is 3.04. The van der Waals surface area contributed by atoms with Gasteiger partial charge in [-0.1, -0.05) is 13.0 Å². The highest BCUT2D eigenvalue weighted by Crippen LogP contribution is 2.22. The minimum absolute atomic E-state index is 0.105. The van der Waals surface area contributed by atoms with Crippen molar-refractivity contribution < 1.29 is 9.72 Å². The van der Waals surface area contributed by atoms with Crippen LogP contribution in [0, 0.1) is 16.0 Å². The minimum Gasteiger partial charge on any atom is -0.298 e. The van der Waals surface area contributed by atoms with Gasteiger partial charge in [-0.25, -0.2) is 4.98 Å². The number of rotatable bonds is 5. The molecule has 3 rings (SSSR count). The zero-order valence-electron chi connectivity index (χ0n) is 14.0. The number of hydrogen-bond donors (Lipinski definition) is 1. The molecule has 25 heavy (non-hydrogen) atoms. The van der Waals surface area contributed by atoms with Gasteiger partial charge < -0.3 is 0 Å². The van der Waals surface area contributed by atoms with Gasteiger partial charge in [0.25, 0.3) is 11.6 Å². The molecule has 0 unspecified atom stereocenters. The average molecular weight is 360 g/mol. The third kappa shape index (κ3) is 4.61. The molecule has 1 saturated heterocycles. The van der Waals surface area contributed by atoms with Crippen LogP contribution in [0.15, 0.2) is 29.6 Å². The van der Waals surface area contributed by atoms with E-state index in [4.69, 9.17) is 0 Å². The van der Waals surface area contributed by atoms with Crippen LogP contribution in [0.2, 0.25) is 0 Å². The van der Waals surface area contributed by atoms with E-state index in [-0.39, 0.29) is 11.3 Å². The minimum atomic E-state index is -0.516. The van der Waals surface area contributed by atoms with Crippen LogP contribution < -0.4 is 5.32 Å². The van der Waals surface area contributed by atoms with E-state index in [0.29, 0.717) is 5.13 Å². The smallest absolute Gasteiger partial charge is 0.270 e. The number of benzene rings is 1. The van der Waals surface area contributed by atoms with Crippen molar-refractivity contribution in [3.05, 3.63) is 51.0 Å². The predicted octanol–water partition coefficient (Wildman–Crippen LogP) is 3.54. The summed E-state index contributed by atoms with van der Waals surface area (Å²) in [5, 5.41) is 16.0. The number of amides is 1. The molecular formula is C17H20N4O3S. The van der Waals surface area contributed by atoms with Crippen molar-refractivity contribution in [1.82, 2.24) is 9.88 Å². The lowest BCUT2D eigenvalue weighted by atomic mass is 9.99. The van der Waals surface area contributed by atoms with Gasteiger partial charge in [-0.15, -0.1) is 11.3 Å². The number of anilines is 1. The first kappa shape index (κ1) is 17.5. The number of likely N-dealkylation sites (tertiary alicyclic amines) is 1. The number of nitro benzene ring substituents is 1. The Kier molecular flexibility index (Phi) is 5.40. The predicted molar refractivity (Wildman–Crippen MR) is 96.8 cm³/mol. The SMILES string of the molecule is CC1CCN(Cc2csc(NC(=O)c3cccc([N+](=O)[O-])c3)n2)CC1. The van der Waals surface area contributed by atoms with Crippen molar-refractivity contribution in [2.45, 2.75) is 26.3 Å². The fourth-order valence-corrected chi connectivity index (χ4v) is 3.51. The van der Waals surface area contributed by atoms with Gasteiger partial charge in [0.2, 0.25) is 0 Å². The van der Waals surface area contributed by atoms with Gasteiger partial charge in [0.1, 0.15) is 0 Å². The van der Waals surface area contributed by atoms with Crippen LogP contribution in [0.1, 0.15) is 35.8 Å². The molecule has 7 nitrogen and oxygen atoms in total. The molecule has 1 aromatic carbocycles. The lowest BCUT2D eigenvalue weighted by Crippen LogP contribution is -2.32. The summed E-state index contributed by atoms with van der Waals surface area (Å²) in [6, 6.07) is 5.67. The Bertz CT molecular complexity index is 769. The van der Waals surface area contributed by atoms with E-state index in [1.54, 1.807) is 6.07 Å². The van der Waals surface area contributed by atoms with Gasteiger partial charge in [-0.3, -0.25) is 25.1 Å². The summed E-state index contributed by atoms with van der Waals surface area (Å²) in [6.07, 6.45) is 2.42. The van der Waals surface area contributed by atoms with Gasteiger partial charge in [-0.05, 0) is 37.9 Å². The fourth-order valence-electron chi connectivity index (χ4n) is 2.82. The van der Waals surface area contributed by atoms with Crippen molar-refractivity contribution in [2.24, 2.45) is 5.92 Å². The Balaban J connectivity index is 1.60. The van der Waals surface area contributed by atoms with Crippen LogP contribution >= 0.6 is 11.3 Å². The number of carbonyl (C=O) groups is 1. The number of nitrogens with one attached hydrogen (secondary N) is 1. The van der Waals surface area contributed by atoms with E-state index in [2.05, 4.69) is 22.1 Å². The maximum Gasteiger partial charge on any atom is 0.270 e. The summed E-state index contributed by atoms with van der Waals surface area (Å²) in [5.74, 6) is 0.396. The molecule has 0 spiro atoms. The van der Waals surface area contributed by atoms with Crippen LogP contribution in [0.5, 0.6) is 0 Å². The second kappa shape index (κ2) is 7.71. The second-order valence-corrected chi connectivity index (χ2v) is 7.22. The van der Waals surface area contributed by atoms with Gasteiger partial charge in [0.15, 0.2) is 5.13 Å². The highest BCUT2D eigenvalue weighted by Gasteiger charge is 2.17. The number of hydrogen-bond acceptors (Lipinski definition) is 6. The molecule has 8 heteroatoms. The largest absolute Gasteiger partial charge is 0.298 e. The lowest BCUT2D eigenvalue weighted by molar-refractivity contribution is -0.384. The first-order valence-corrected chi connectivity index (χ1v) is 9.12. The van der Waals surface area contributed by atoms with Crippen LogP contribution in [-0.4, -0.2) is 33.8 Å². The first-order valence-electron chi connectivity index (χ1n) is 8.24. The molecule has 132 valence electrons. The van der Waals surface area contributed by atoms with Gasteiger partial charge in [0.05, 0.1) is 10.6 Å². The Morgan fingerprint density at radius 1 is 1.44 bits per heavy atom. The molecular weight excluding hydrogens is 340 g/mol. The van der Waals surface area contributed by atoms with Crippen molar-refractivity contribution in [3.8, 4) is 0 Å². The van der Waals surface area contributed by atoms with Crippen LogP contribution in [0.3, 0.4) is 0 Å². The topological polar surface area (TPSA) is 88.4 Å². The van der Waals surface area contributed by atoms with E-state index in [0.717, 1.165) is 31.2 Å². The Morgan fingerprint density at radius 2 is 2.20 bits per heavy atom. The maximum absolute atomic E-state index is 12.2. The zero-order chi connectivity index (χ0) is 17.8. The quantitative estimate of drug-likeness (QED) is 0.651. The molecule has 1 aromatic heterocycles. The molecule has 2 aromatic rings. The summed E-state index contributed by atoms with van der Waals surface area (Å²) in [4.78, 5) is 29.4. The summed E-state index contributed by atoms with van der Waals surface area (Å²) >= 11 is 1.37. The van der Waals surface area contributed by atoms with E-state index in [1.807, 2.05) is 5.38 Å². The molecule has 1 fully saturated rings. The number of aromatic nitrogens is 1. The van der Waals surface area contributed by atoms with Crippen LogP contribution in [-0.2, 0) is 6.54 Å². The number of nitrogens with zero attached hydrogens (tertiary/aromatic N) is 3. The molecule has 0 saturated carbocycles. The highest BCUT2D eigenvalue weighted by molar-refractivity contribution is 7.13. The van der Waals surface area contributed by atoms with Crippen molar-refractivity contribution in [3.63, 3.8) is 0 Å². The molecule has 0 aliphatic carbocycles. The molecule has 1 amide bonds. The van der Waals surface area contributed by atoms with E-state index in [1.165, 1.54) is 42.4 Å². The zero-order valence-corrected chi connectivity index (χ0v) is 14.8. The number of piperidine rings is 1. The third-order valence-corrected chi connectivity index (χ3v) is 5.16. The number of nitro groups is 1. The Morgan fingerprint density at radius 3 is 2.92 bits per heavy atom. The Hall–Kier alpha value is -2.32. The van der Waals surface area contributed by atoms with Crippen molar-refractivity contribution in [2.75, 3.05) is 18.4 Å². The summed E-state index contributed by atoms with van der Waals surface area (Å²) < 4.78 is 0. The highest BCUT2D eigenvalue weighted by atomic mass is 32.1.